The van der Waals surface area contributed by atoms with Crippen LogP contribution in [-0.4, -0.2) is 24.5 Å². The molecule has 1 aliphatic carbocycles. The lowest BCUT2D eigenvalue weighted by Gasteiger charge is -2.20. The van der Waals surface area contributed by atoms with E-state index in [9.17, 15) is 4.79 Å². The van der Waals surface area contributed by atoms with E-state index in [0.29, 0.717) is 0 Å². The average molecular weight is 259 g/mol. The van der Waals surface area contributed by atoms with Crippen LogP contribution in [0.3, 0.4) is 0 Å². The molecule has 3 N–H and O–H groups in total. The van der Waals surface area contributed by atoms with Gasteiger partial charge in [0.15, 0.2) is 0 Å². The molecule has 2 aliphatic rings. The van der Waals surface area contributed by atoms with Gasteiger partial charge in [-0.1, -0.05) is 0 Å². The first-order valence-electron chi connectivity index (χ1n) is 7.04. The highest BCUT2D eigenvalue weighted by atomic mass is 16.2. The average Bonchev–Trinajstić information content (AvgIpc) is 2.94. The fraction of sp³-hybridized carbons (Fsp3) is 0.533. The highest BCUT2D eigenvalue weighted by Gasteiger charge is 2.46. The van der Waals surface area contributed by atoms with Crippen molar-refractivity contribution in [2.75, 3.05) is 23.3 Å². The van der Waals surface area contributed by atoms with Crippen molar-refractivity contribution < 1.29 is 4.79 Å². The zero-order chi connectivity index (χ0) is 13.5. The zero-order valence-electron chi connectivity index (χ0n) is 11.4. The Morgan fingerprint density at radius 1 is 1.32 bits per heavy atom. The fourth-order valence-corrected chi connectivity index (χ4v) is 2.57. The van der Waals surface area contributed by atoms with Gasteiger partial charge in [-0.05, 0) is 56.4 Å². The molecule has 1 aromatic rings. The lowest BCUT2D eigenvalue weighted by molar-refractivity contribution is -0.118. The van der Waals surface area contributed by atoms with Crippen LogP contribution in [0.5, 0.6) is 0 Å². The van der Waals surface area contributed by atoms with Gasteiger partial charge in [0.05, 0.1) is 5.54 Å². The Labute approximate surface area is 114 Å². The molecule has 1 saturated heterocycles. The SMILES string of the molecule is Cc1cc(N2CCCC2)ccc1NC(=O)C1(N)CC1. The molecule has 0 bridgehead atoms. The van der Waals surface area contributed by atoms with Crippen molar-refractivity contribution in [2.45, 2.75) is 38.1 Å². The number of nitrogens with one attached hydrogen (secondary N) is 1. The molecule has 1 heterocycles. The van der Waals surface area contributed by atoms with E-state index in [-0.39, 0.29) is 5.91 Å². The molecular formula is C15H21N3O. The van der Waals surface area contributed by atoms with Gasteiger partial charge in [0, 0.05) is 24.5 Å². The monoisotopic (exact) mass is 259 g/mol. The van der Waals surface area contributed by atoms with Crippen molar-refractivity contribution in [3.05, 3.63) is 23.8 Å². The molecule has 1 saturated carbocycles. The van der Waals surface area contributed by atoms with Gasteiger partial charge in [0.1, 0.15) is 0 Å². The van der Waals surface area contributed by atoms with E-state index in [1.165, 1.54) is 18.5 Å². The summed E-state index contributed by atoms with van der Waals surface area (Å²) in [5.74, 6) is -0.0514. The Hall–Kier alpha value is -1.55. The molecule has 0 aromatic heterocycles. The molecule has 1 amide bonds. The summed E-state index contributed by atoms with van der Waals surface area (Å²) in [5.41, 5.74) is 8.52. The maximum Gasteiger partial charge on any atom is 0.244 e. The van der Waals surface area contributed by atoms with Crippen LogP contribution in [0.1, 0.15) is 31.2 Å². The lowest BCUT2D eigenvalue weighted by atomic mass is 10.1. The number of carbonyl (C=O) groups excluding carboxylic acids is 1. The first-order valence-corrected chi connectivity index (χ1v) is 7.04. The van der Waals surface area contributed by atoms with Gasteiger partial charge in [-0.2, -0.15) is 0 Å². The van der Waals surface area contributed by atoms with Crippen molar-refractivity contribution >= 4 is 17.3 Å². The quantitative estimate of drug-likeness (QED) is 0.873. The Kier molecular flexibility index (Phi) is 2.97. The third-order valence-electron chi connectivity index (χ3n) is 4.17. The van der Waals surface area contributed by atoms with E-state index in [1.807, 2.05) is 13.0 Å². The van der Waals surface area contributed by atoms with Gasteiger partial charge in [0.2, 0.25) is 5.91 Å². The summed E-state index contributed by atoms with van der Waals surface area (Å²) in [5, 5.41) is 2.95. The van der Waals surface area contributed by atoms with E-state index in [2.05, 4.69) is 22.3 Å². The second kappa shape index (κ2) is 4.53. The number of hydrogen-bond acceptors (Lipinski definition) is 3. The van der Waals surface area contributed by atoms with E-state index in [1.54, 1.807) is 0 Å². The molecule has 2 fully saturated rings. The molecule has 0 atom stereocenters. The predicted octanol–water partition coefficient (Wildman–Crippen LogP) is 2.03. The summed E-state index contributed by atoms with van der Waals surface area (Å²) in [6.07, 6.45) is 4.13. The molecule has 19 heavy (non-hydrogen) atoms. The summed E-state index contributed by atoms with van der Waals surface area (Å²) >= 11 is 0. The van der Waals surface area contributed by atoms with Crippen LogP contribution >= 0.6 is 0 Å². The minimum Gasteiger partial charge on any atom is -0.372 e. The van der Waals surface area contributed by atoms with Crippen molar-refractivity contribution in [3.8, 4) is 0 Å². The summed E-state index contributed by atoms with van der Waals surface area (Å²) in [7, 11) is 0. The van der Waals surface area contributed by atoms with Crippen LogP contribution < -0.4 is 16.0 Å². The van der Waals surface area contributed by atoms with E-state index in [4.69, 9.17) is 5.73 Å². The van der Waals surface area contributed by atoms with Crippen molar-refractivity contribution in [1.29, 1.82) is 0 Å². The number of carbonyl (C=O) groups is 1. The predicted molar refractivity (Wildman–Crippen MR) is 77.4 cm³/mol. The number of nitrogens with zero attached hydrogens (tertiary/aromatic N) is 1. The minimum atomic E-state index is -0.611. The zero-order valence-corrected chi connectivity index (χ0v) is 11.4. The topological polar surface area (TPSA) is 58.4 Å². The number of hydrogen-bond donors (Lipinski definition) is 2. The van der Waals surface area contributed by atoms with E-state index < -0.39 is 5.54 Å². The number of benzene rings is 1. The Balaban J connectivity index is 1.74. The van der Waals surface area contributed by atoms with Crippen LogP contribution in [0.15, 0.2) is 18.2 Å². The third kappa shape index (κ3) is 2.45. The lowest BCUT2D eigenvalue weighted by Crippen LogP contribution is -2.38. The summed E-state index contributed by atoms with van der Waals surface area (Å²) in [6, 6.07) is 6.23. The van der Waals surface area contributed by atoms with Crippen molar-refractivity contribution in [1.82, 2.24) is 0 Å². The van der Waals surface area contributed by atoms with Crippen LogP contribution in [0.2, 0.25) is 0 Å². The molecule has 102 valence electrons. The molecule has 4 nitrogen and oxygen atoms in total. The standard InChI is InChI=1S/C15H21N3O/c1-11-10-12(18-8-2-3-9-18)4-5-13(11)17-14(19)15(16)6-7-15/h4-5,10H,2-3,6-9,16H2,1H3,(H,17,19). The normalized spacial score (nSPS) is 20.4. The fourth-order valence-electron chi connectivity index (χ4n) is 2.57. The first-order chi connectivity index (χ1) is 9.08. The molecule has 1 aliphatic heterocycles. The molecule has 0 unspecified atom stereocenters. The molecule has 0 radical (unpaired) electrons. The number of aryl methyl sites for hydroxylation is 1. The largest absolute Gasteiger partial charge is 0.372 e. The van der Waals surface area contributed by atoms with Crippen molar-refractivity contribution in [2.24, 2.45) is 5.73 Å². The maximum absolute atomic E-state index is 11.9. The Morgan fingerprint density at radius 3 is 2.58 bits per heavy atom. The van der Waals surface area contributed by atoms with Crippen LogP contribution in [0.25, 0.3) is 0 Å². The Bertz CT molecular complexity index is 502. The second-order valence-electron chi connectivity index (χ2n) is 5.80. The van der Waals surface area contributed by atoms with Crippen LogP contribution in [0.4, 0.5) is 11.4 Å². The number of rotatable bonds is 3. The Morgan fingerprint density at radius 2 is 2.00 bits per heavy atom. The highest BCUT2D eigenvalue weighted by molar-refractivity contribution is 6.00. The van der Waals surface area contributed by atoms with Crippen LogP contribution in [-0.2, 0) is 4.79 Å². The smallest absolute Gasteiger partial charge is 0.244 e. The molecule has 1 aromatic carbocycles. The van der Waals surface area contributed by atoms with Gasteiger partial charge in [0.25, 0.3) is 0 Å². The number of amides is 1. The number of anilines is 2. The summed E-state index contributed by atoms with van der Waals surface area (Å²) in [6.45, 7) is 4.30. The van der Waals surface area contributed by atoms with Gasteiger partial charge in [-0.3, -0.25) is 4.79 Å². The molecule has 3 rings (SSSR count). The number of nitrogens with two attached hydrogens (primary N) is 1. The maximum atomic E-state index is 11.9. The summed E-state index contributed by atoms with van der Waals surface area (Å²) in [4.78, 5) is 14.3. The third-order valence-corrected chi connectivity index (χ3v) is 4.17. The first kappa shape index (κ1) is 12.5. The van der Waals surface area contributed by atoms with E-state index in [0.717, 1.165) is 37.2 Å². The molecule has 4 heteroatoms. The van der Waals surface area contributed by atoms with Crippen molar-refractivity contribution in [3.63, 3.8) is 0 Å². The van der Waals surface area contributed by atoms with E-state index >= 15 is 0 Å². The van der Waals surface area contributed by atoms with Gasteiger partial charge >= 0.3 is 0 Å². The van der Waals surface area contributed by atoms with Gasteiger partial charge in [-0.25, -0.2) is 0 Å². The van der Waals surface area contributed by atoms with Gasteiger partial charge < -0.3 is 16.0 Å². The highest BCUT2D eigenvalue weighted by Crippen LogP contribution is 2.34. The molecule has 0 spiro atoms. The minimum absolute atomic E-state index is 0.0514. The second-order valence-corrected chi connectivity index (χ2v) is 5.80. The summed E-state index contributed by atoms with van der Waals surface area (Å²) < 4.78 is 0. The van der Waals surface area contributed by atoms with Crippen LogP contribution in [0, 0.1) is 6.92 Å². The molecular weight excluding hydrogens is 238 g/mol. The van der Waals surface area contributed by atoms with Gasteiger partial charge in [-0.15, -0.1) is 0 Å².